The van der Waals surface area contributed by atoms with Crippen molar-refractivity contribution in [1.82, 2.24) is 25.1 Å². The molecule has 0 bridgehead atoms. The van der Waals surface area contributed by atoms with E-state index in [1.54, 1.807) is 4.68 Å². The highest BCUT2D eigenvalue weighted by molar-refractivity contribution is 7.90. The van der Waals surface area contributed by atoms with E-state index in [4.69, 9.17) is 4.74 Å². The molecule has 2 aliphatic rings. The Morgan fingerprint density at radius 2 is 1.86 bits per heavy atom. The number of nitrogens with zero attached hydrogens (tertiary/aromatic N) is 2. The molecule has 12 heteroatoms. The molecule has 2 amide bonds. The lowest BCUT2D eigenvalue weighted by Gasteiger charge is -2.30. The number of nitrogens with one attached hydrogen (secondary N) is 3. The summed E-state index contributed by atoms with van der Waals surface area (Å²) in [5.74, 6) is -1.08. The van der Waals surface area contributed by atoms with Gasteiger partial charge in [-0.3, -0.25) is 14.3 Å². The number of amides is 2. The molecule has 2 heterocycles. The number of sulfonamides is 1. The van der Waals surface area contributed by atoms with Crippen molar-refractivity contribution in [3.05, 3.63) is 29.7 Å². The fraction of sp³-hybridized carbons (Fsp3) is 0.640. The van der Waals surface area contributed by atoms with E-state index in [1.165, 1.54) is 18.2 Å². The number of carbonyl (C=O) groups excluding carboxylic acids is 2. The third kappa shape index (κ3) is 6.85. The number of hydrogen-bond acceptors (Lipinski definition) is 6. The summed E-state index contributed by atoms with van der Waals surface area (Å²) >= 11 is 0. The van der Waals surface area contributed by atoms with Crippen LogP contribution in [0.5, 0.6) is 0 Å². The first kappa shape index (κ1) is 27.5. The van der Waals surface area contributed by atoms with Gasteiger partial charge in [0.2, 0.25) is 15.9 Å². The summed E-state index contributed by atoms with van der Waals surface area (Å²) in [5, 5.41) is 10.2. The van der Waals surface area contributed by atoms with Gasteiger partial charge in [-0.15, -0.1) is 0 Å². The molecule has 3 N–H and O–H groups in total. The molecular weight excluding hydrogens is 501 g/mol. The minimum absolute atomic E-state index is 0.0716. The molecule has 1 saturated carbocycles. The fourth-order valence-corrected chi connectivity index (χ4v) is 5.86. The van der Waals surface area contributed by atoms with Gasteiger partial charge in [0.05, 0.1) is 10.8 Å². The molecule has 37 heavy (non-hydrogen) atoms. The van der Waals surface area contributed by atoms with Crippen LogP contribution < -0.4 is 15.4 Å². The van der Waals surface area contributed by atoms with Crippen molar-refractivity contribution in [3.63, 3.8) is 0 Å². The van der Waals surface area contributed by atoms with E-state index in [0.717, 1.165) is 12.8 Å². The number of benzene rings is 1. The lowest BCUT2D eigenvalue weighted by atomic mass is 9.86. The summed E-state index contributed by atoms with van der Waals surface area (Å²) in [7, 11) is -3.34. The summed E-state index contributed by atoms with van der Waals surface area (Å²) in [6, 6.07) is 3.28. The van der Waals surface area contributed by atoms with Gasteiger partial charge < -0.3 is 15.4 Å². The lowest BCUT2D eigenvalue weighted by Crippen LogP contribution is -2.54. The summed E-state index contributed by atoms with van der Waals surface area (Å²) in [6.45, 7) is 7.50. The Kier molecular flexibility index (Phi) is 8.20. The van der Waals surface area contributed by atoms with Crippen LogP contribution in [0.25, 0.3) is 10.9 Å². The molecule has 1 aliphatic carbocycles. The molecule has 1 saturated heterocycles. The summed E-state index contributed by atoms with van der Waals surface area (Å²) in [6.07, 6.45) is 3.04. The van der Waals surface area contributed by atoms with Gasteiger partial charge in [0, 0.05) is 38.2 Å². The Morgan fingerprint density at radius 3 is 2.51 bits per heavy atom. The molecule has 2 fully saturated rings. The molecule has 0 spiro atoms. The van der Waals surface area contributed by atoms with E-state index >= 15 is 0 Å². The Balaban J connectivity index is 1.46. The quantitative estimate of drug-likeness (QED) is 0.397. The number of hydrogen-bond donors (Lipinski definition) is 3. The van der Waals surface area contributed by atoms with E-state index < -0.39 is 39.1 Å². The Morgan fingerprint density at radius 1 is 1.16 bits per heavy atom. The van der Waals surface area contributed by atoms with E-state index in [0.29, 0.717) is 49.4 Å². The second kappa shape index (κ2) is 11.0. The van der Waals surface area contributed by atoms with Gasteiger partial charge in [0.25, 0.3) is 5.91 Å². The van der Waals surface area contributed by atoms with Crippen molar-refractivity contribution in [2.24, 2.45) is 11.3 Å². The van der Waals surface area contributed by atoms with Gasteiger partial charge in [-0.1, -0.05) is 20.8 Å². The van der Waals surface area contributed by atoms with E-state index in [2.05, 4.69) is 20.5 Å². The smallest absolute Gasteiger partial charge is 0.273 e. The predicted octanol–water partition coefficient (Wildman–Crippen LogP) is 1.94. The molecule has 2 aromatic rings. The van der Waals surface area contributed by atoms with Crippen molar-refractivity contribution in [3.8, 4) is 0 Å². The Hall–Kier alpha value is -2.57. The summed E-state index contributed by atoms with van der Waals surface area (Å²) in [4.78, 5) is 26.4. The topological polar surface area (TPSA) is 131 Å². The van der Waals surface area contributed by atoms with Crippen LogP contribution in [0.3, 0.4) is 0 Å². The Bertz CT molecular complexity index is 1250. The van der Waals surface area contributed by atoms with Gasteiger partial charge in [0.1, 0.15) is 11.9 Å². The average Bonchev–Trinajstić information content (AvgIpc) is 3.64. The van der Waals surface area contributed by atoms with Crippen LogP contribution in [0.15, 0.2) is 18.2 Å². The van der Waals surface area contributed by atoms with Crippen LogP contribution in [0.1, 0.15) is 56.9 Å². The van der Waals surface area contributed by atoms with Crippen LogP contribution in [-0.2, 0) is 26.1 Å². The van der Waals surface area contributed by atoms with Crippen LogP contribution in [-0.4, -0.2) is 67.6 Å². The first-order valence-corrected chi connectivity index (χ1v) is 14.3. The van der Waals surface area contributed by atoms with Crippen molar-refractivity contribution >= 4 is 32.7 Å². The van der Waals surface area contributed by atoms with E-state index in [9.17, 15) is 22.4 Å². The number of fused-ring (bicyclic) bond motifs is 1. The van der Waals surface area contributed by atoms with Crippen LogP contribution in [0, 0.1) is 17.2 Å². The second-order valence-corrected chi connectivity index (χ2v) is 13.0. The molecule has 1 aliphatic heterocycles. The first-order valence-electron chi connectivity index (χ1n) is 12.8. The molecule has 0 radical (unpaired) electrons. The summed E-state index contributed by atoms with van der Waals surface area (Å²) in [5.41, 5.74) is 0.0116. The average molecular weight is 538 g/mol. The van der Waals surface area contributed by atoms with Gasteiger partial charge in [-0.2, -0.15) is 5.10 Å². The summed E-state index contributed by atoms with van der Waals surface area (Å²) < 4.78 is 47.6. The van der Waals surface area contributed by atoms with Gasteiger partial charge in [-0.05, 0) is 55.2 Å². The molecule has 1 atom stereocenters. The largest absolute Gasteiger partial charge is 0.381 e. The first-order chi connectivity index (χ1) is 17.5. The monoisotopic (exact) mass is 537 g/mol. The highest BCUT2D eigenvalue weighted by Crippen LogP contribution is 2.27. The maximum atomic E-state index is 14.1. The predicted molar refractivity (Wildman–Crippen MR) is 137 cm³/mol. The molecule has 0 unspecified atom stereocenters. The van der Waals surface area contributed by atoms with Gasteiger partial charge in [-0.25, -0.2) is 17.5 Å². The number of ether oxygens (including phenoxy) is 1. The SMILES string of the molecule is CC(C)(C)[C@H](NC(=O)c1nn(CC2CCOCC2)c2cc(F)ccc12)C(=O)NCCNS(=O)(=O)C1CC1. The van der Waals surface area contributed by atoms with Gasteiger partial charge in [0.15, 0.2) is 5.69 Å². The van der Waals surface area contributed by atoms with Crippen molar-refractivity contribution in [2.45, 2.75) is 64.3 Å². The number of carbonyl (C=O) groups is 2. The third-order valence-corrected chi connectivity index (χ3v) is 8.75. The molecule has 1 aromatic heterocycles. The van der Waals surface area contributed by atoms with Crippen LogP contribution in [0.2, 0.25) is 0 Å². The van der Waals surface area contributed by atoms with E-state index in [-0.39, 0.29) is 24.0 Å². The number of rotatable bonds is 10. The zero-order valence-corrected chi connectivity index (χ0v) is 22.4. The molecule has 4 rings (SSSR count). The highest BCUT2D eigenvalue weighted by atomic mass is 32.2. The van der Waals surface area contributed by atoms with Crippen molar-refractivity contribution in [2.75, 3.05) is 26.3 Å². The van der Waals surface area contributed by atoms with Crippen molar-refractivity contribution < 1.29 is 27.1 Å². The minimum atomic E-state index is -3.34. The molecule has 204 valence electrons. The van der Waals surface area contributed by atoms with Gasteiger partial charge >= 0.3 is 0 Å². The fourth-order valence-electron chi connectivity index (χ4n) is 4.48. The molecular formula is C25H36FN5O5S. The number of aromatic nitrogens is 2. The zero-order valence-electron chi connectivity index (χ0n) is 21.5. The Labute approximate surface area is 216 Å². The zero-order chi connectivity index (χ0) is 26.8. The third-order valence-electron chi connectivity index (χ3n) is 6.80. The van der Waals surface area contributed by atoms with Crippen molar-refractivity contribution in [1.29, 1.82) is 0 Å². The normalized spacial score (nSPS) is 18.1. The molecule has 1 aromatic carbocycles. The van der Waals surface area contributed by atoms with Crippen LogP contribution >= 0.6 is 0 Å². The van der Waals surface area contributed by atoms with E-state index in [1.807, 2.05) is 20.8 Å². The maximum absolute atomic E-state index is 14.1. The minimum Gasteiger partial charge on any atom is -0.381 e. The standard InChI is InChI=1S/C25H36FN5O5S/c1-25(2,3)22(24(33)27-10-11-28-37(34,35)18-5-6-18)29-23(32)21-19-7-4-17(26)14-20(19)31(30-21)15-16-8-12-36-13-9-16/h4,7,14,16,18,22,28H,5-6,8-13,15H2,1-3H3,(H,27,33)(H,29,32)/t22-/m1/s1. The maximum Gasteiger partial charge on any atom is 0.273 e. The molecule has 10 nitrogen and oxygen atoms in total. The second-order valence-electron chi connectivity index (χ2n) is 11.0. The highest BCUT2D eigenvalue weighted by Gasteiger charge is 2.36. The lowest BCUT2D eigenvalue weighted by molar-refractivity contribution is -0.125. The van der Waals surface area contributed by atoms with Crippen LogP contribution in [0.4, 0.5) is 4.39 Å². The number of halogens is 1.